The van der Waals surface area contributed by atoms with Crippen molar-refractivity contribution in [3.05, 3.63) is 47.9 Å². The standard InChI is InChI=1S/C19H24N6/c1-14-17-18(21-13-22-19(17)24(2)23-14)20-12-16(25-10-6-7-11-25)15-8-4-3-5-9-15/h3-5,8-9,13,16H,6-7,10-12H2,1-2H3,(H,20,21,22). The van der Waals surface area contributed by atoms with E-state index in [-0.39, 0.29) is 0 Å². The van der Waals surface area contributed by atoms with Crippen LogP contribution >= 0.6 is 0 Å². The number of aryl methyl sites for hydroxylation is 2. The molecule has 0 aliphatic carbocycles. The zero-order valence-electron chi connectivity index (χ0n) is 14.8. The van der Waals surface area contributed by atoms with Gasteiger partial charge in [-0.15, -0.1) is 0 Å². The van der Waals surface area contributed by atoms with Crippen LogP contribution in [0.25, 0.3) is 11.0 Å². The molecule has 1 aromatic carbocycles. The second-order valence-corrected chi connectivity index (χ2v) is 6.68. The minimum atomic E-state index is 0.352. The van der Waals surface area contributed by atoms with Crippen LogP contribution in [0.4, 0.5) is 5.82 Å². The molecule has 1 aliphatic heterocycles. The van der Waals surface area contributed by atoms with E-state index in [1.807, 2.05) is 18.7 Å². The fraction of sp³-hybridized carbons (Fsp3) is 0.421. The molecule has 0 spiro atoms. The third kappa shape index (κ3) is 3.09. The Balaban J connectivity index is 1.61. The summed E-state index contributed by atoms with van der Waals surface area (Å²) in [5.74, 6) is 0.871. The van der Waals surface area contributed by atoms with Crippen molar-refractivity contribution >= 4 is 16.9 Å². The van der Waals surface area contributed by atoms with Crippen molar-refractivity contribution in [1.82, 2.24) is 24.6 Å². The monoisotopic (exact) mass is 336 g/mol. The van der Waals surface area contributed by atoms with Gasteiger partial charge < -0.3 is 5.32 Å². The molecule has 0 saturated carbocycles. The van der Waals surface area contributed by atoms with Crippen molar-refractivity contribution in [3.8, 4) is 0 Å². The van der Waals surface area contributed by atoms with Gasteiger partial charge in [-0.3, -0.25) is 9.58 Å². The van der Waals surface area contributed by atoms with Crippen LogP contribution in [0.5, 0.6) is 0 Å². The molecular formula is C19H24N6. The molecule has 3 heterocycles. The molecule has 25 heavy (non-hydrogen) atoms. The quantitative estimate of drug-likeness (QED) is 0.776. The number of hydrogen-bond donors (Lipinski definition) is 1. The van der Waals surface area contributed by atoms with Gasteiger partial charge in [0.1, 0.15) is 12.1 Å². The minimum Gasteiger partial charge on any atom is -0.367 e. The zero-order chi connectivity index (χ0) is 17.2. The van der Waals surface area contributed by atoms with Crippen molar-refractivity contribution < 1.29 is 0 Å². The molecule has 1 atom stereocenters. The molecule has 6 heteroatoms. The van der Waals surface area contributed by atoms with E-state index in [2.05, 4.69) is 55.6 Å². The maximum atomic E-state index is 4.48. The van der Waals surface area contributed by atoms with Gasteiger partial charge in [0.25, 0.3) is 0 Å². The molecule has 4 rings (SSSR count). The number of nitrogens with one attached hydrogen (secondary N) is 1. The molecule has 0 amide bonds. The number of anilines is 1. The number of likely N-dealkylation sites (tertiary alicyclic amines) is 1. The van der Waals surface area contributed by atoms with Gasteiger partial charge in [-0.25, -0.2) is 9.97 Å². The van der Waals surface area contributed by atoms with E-state index >= 15 is 0 Å². The highest BCUT2D eigenvalue weighted by Gasteiger charge is 2.24. The Kier molecular flexibility index (Phi) is 4.36. The van der Waals surface area contributed by atoms with Crippen molar-refractivity contribution in [2.75, 3.05) is 25.0 Å². The van der Waals surface area contributed by atoms with Gasteiger partial charge in [0.05, 0.1) is 17.1 Å². The summed E-state index contributed by atoms with van der Waals surface area (Å²) in [6.45, 7) is 5.15. The summed E-state index contributed by atoms with van der Waals surface area (Å²) in [6, 6.07) is 11.1. The molecule has 130 valence electrons. The summed E-state index contributed by atoms with van der Waals surface area (Å²) < 4.78 is 1.81. The van der Waals surface area contributed by atoms with Crippen LogP contribution in [0.2, 0.25) is 0 Å². The molecule has 1 N–H and O–H groups in total. The van der Waals surface area contributed by atoms with Crippen LogP contribution in [0.3, 0.4) is 0 Å². The van der Waals surface area contributed by atoms with Crippen LogP contribution in [0.15, 0.2) is 36.7 Å². The lowest BCUT2D eigenvalue weighted by atomic mass is 10.1. The molecule has 1 saturated heterocycles. The Bertz CT molecular complexity index is 851. The molecule has 0 bridgehead atoms. The minimum absolute atomic E-state index is 0.352. The molecule has 1 aliphatic rings. The van der Waals surface area contributed by atoms with E-state index in [1.54, 1.807) is 6.33 Å². The van der Waals surface area contributed by atoms with E-state index in [1.165, 1.54) is 18.4 Å². The Morgan fingerprint density at radius 1 is 1.12 bits per heavy atom. The Labute approximate surface area is 147 Å². The van der Waals surface area contributed by atoms with E-state index < -0.39 is 0 Å². The van der Waals surface area contributed by atoms with Crippen LogP contribution in [0.1, 0.15) is 30.1 Å². The lowest BCUT2D eigenvalue weighted by molar-refractivity contribution is 0.256. The number of hydrogen-bond acceptors (Lipinski definition) is 5. The lowest BCUT2D eigenvalue weighted by Crippen LogP contribution is -2.31. The number of aromatic nitrogens is 4. The normalized spacial score (nSPS) is 16.4. The summed E-state index contributed by atoms with van der Waals surface area (Å²) in [7, 11) is 1.92. The van der Waals surface area contributed by atoms with E-state index in [0.717, 1.165) is 42.2 Å². The van der Waals surface area contributed by atoms with Gasteiger partial charge >= 0.3 is 0 Å². The molecule has 3 aromatic rings. The van der Waals surface area contributed by atoms with Crippen LogP contribution < -0.4 is 5.32 Å². The van der Waals surface area contributed by atoms with E-state index in [4.69, 9.17) is 0 Å². The van der Waals surface area contributed by atoms with Crippen LogP contribution in [-0.2, 0) is 7.05 Å². The summed E-state index contributed by atoms with van der Waals surface area (Å²) in [5, 5.41) is 9.06. The van der Waals surface area contributed by atoms with Gasteiger partial charge in [0, 0.05) is 13.6 Å². The number of nitrogens with zero attached hydrogens (tertiary/aromatic N) is 5. The van der Waals surface area contributed by atoms with Crippen LogP contribution in [-0.4, -0.2) is 44.3 Å². The summed E-state index contributed by atoms with van der Waals surface area (Å²) >= 11 is 0. The Hall–Kier alpha value is -2.47. The smallest absolute Gasteiger partial charge is 0.163 e. The summed E-state index contributed by atoms with van der Waals surface area (Å²) in [5.41, 5.74) is 3.18. The first-order chi connectivity index (χ1) is 12.2. The van der Waals surface area contributed by atoms with Crippen molar-refractivity contribution in [2.24, 2.45) is 7.05 Å². The lowest BCUT2D eigenvalue weighted by Gasteiger charge is -2.28. The maximum Gasteiger partial charge on any atom is 0.163 e. The largest absolute Gasteiger partial charge is 0.367 e. The Morgan fingerprint density at radius 2 is 1.88 bits per heavy atom. The first-order valence-electron chi connectivity index (χ1n) is 8.91. The molecule has 6 nitrogen and oxygen atoms in total. The second-order valence-electron chi connectivity index (χ2n) is 6.68. The zero-order valence-corrected chi connectivity index (χ0v) is 14.8. The topological polar surface area (TPSA) is 58.9 Å². The molecule has 2 aromatic heterocycles. The predicted molar refractivity (Wildman–Crippen MR) is 99.5 cm³/mol. The van der Waals surface area contributed by atoms with Gasteiger partial charge in [-0.1, -0.05) is 30.3 Å². The molecule has 1 fully saturated rings. The third-order valence-electron chi connectivity index (χ3n) is 5.02. The number of rotatable bonds is 5. The Morgan fingerprint density at radius 3 is 2.64 bits per heavy atom. The highest BCUT2D eigenvalue weighted by molar-refractivity contribution is 5.89. The highest BCUT2D eigenvalue weighted by atomic mass is 15.3. The molecule has 1 unspecified atom stereocenters. The third-order valence-corrected chi connectivity index (χ3v) is 5.02. The first kappa shape index (κ1) is 16.0. The van der Waals surface area contributed by atoms with E-state index in [9.17, 15) is 0 Å². The van der Waals surface area contributed by atoms with Gasteiger partial charge in [-0.2, -0.15) is 5.10 Å². The van der Waals surface area contributed by atoms with Crippen molar-refractivity contribution in [2.45, 2.75) is 25.8 Å². The van der Waals surface area contributed by atoms with Gasteiger partial charge in [0.15, 0.2) is 5.65 Å². The van der Waals surface area contributed by atoms with Gasteiger partial charge in [-0.05, 0) is 38.4 Å². The van der Waals surface area contributed by atoms with E-state index in [0.29, 0.717) is 6.04 Å². The first-order valence-corrected chi connectivity index (χ1v) is 8.91. The maximum absolute atomic E-state index is 4.48. The average Bonchev–Trinajstić information content (AvgIpc) is 3.26. The fourth-order valence-electron chi connectivity index (χ4n) is 3.79. The second kappa shape index (κ2) is 6.80. The average molecular weight is 336 g/mol. The number of benzene rings is 1. The fourth-order valence-corrected chi connectivity index (χ4v) is 3.79. The van der Waals surface area contributed by atoms with Crippen molar-refractivity contribution in [3.63, 3.8) is 0 Å². The highest BCUT2D eigenvalue weighted by Crippen LogP contribution is 2.27. The van der Waals surface area contributed by atoms with Crippen LogP contribution in [0, 0.1) is 6.92 Å². The predicted octanol–water partition coefficient (Wildman–Crippen LogP) is 2.92. The van der Waals surface area contributed by atoms with Crippen molar-refractivity contribution in [1.29, 1.82) is 0 Å². The molecular weight excluding hydrogens is 312 g/mol. The summed E-state index contributed by atoms with van der Waals surface area (Å²) in [6.07, 6.45) is 4.17. The van der Waals surface area contributed by atoms with Gasteiger partial charge in [0.2, 0.25) is 0 Å². The number of fused-ring (bicyclic) bond motifs is 1. The SMILES string of the molecule is Cc1nn(C)c2ncnc(NCC(c3ccccc3)N3CCCC3)c12. The summed E-state index contributed by atoms with van der Waals surface area (Å²) in [4.78, 5) is 11.4. The molecule has 0 radical (unpaired) electrons.